The van der Waals surface area contributed by atoms with E-state index >= 15 is 0 Å². The van der Waals surface area contributed by atoms with Crippen LogP contribution >= 0.6 is 0 Å². The number of carbonyl (C=O) groups excluding carboxylic acids is 1. The molecule has 1 heterocycles. The summed E-state index contributed by atoms with van der Waals surface area (Å²) in [6, 6.07) is 14.6. The molecule has 0 unspecified atom stereocenters. The second-order valence-corrected chi connectivity index (χ2v) is 5.01. The van der Waals surface area contributed by atoms with Crippen molar-refractivity contribution in [2.45, 2.75) is 34.6 Å². The number of hydrogen-bond donors (Lipinski definition) is 1. The van der Waals surface area contributed by atoms with E-state index in [1.54, 1.807) is 25.1 Å². The van der Waals surface area contributed by atoms with Crippen molar-refractivity contribution in [2.75, 3.05) is 7.11 Å². The average molecular weight is 369 g/mol. The van der Waals surface area contributed by atoms with E-state index in [9.17, 15) is 9.90 Å². The summed E-state index contributed by atoms with van der Waals surface area (Å²) in [6.07, 6.45) is 0. The molecule has 1 N–H and O–H groups in total. The van der Waals surface area contributed by atoms with Crippen LogP contribution in [0.3, 0.4) is 0 Å². The predicted octanol–water partition coefficient (Wildman–Crippen LogP) is 5.88. The minimum Gasteiger partial charge on any atom is -0.505 e. The van der Waals surface area contributed by atoms with Gasteiger partial charge in [-0.2, -0.15) is 0 Å². The molecule has 0 fully saturated rings. The number of benzene rings is 2. The van der Waals surface area contributed by atoms with Crippen LogP contribution in [0.25, 0.3) is 10.8 Å². The number of carbonyl (C=O) groups is 1. The zero-order chi connectivity index (χ0) is 20.4. The number of fused-ring (bicyclic) bond motifs is 1. The number of methoxy groups -OCH3 is 1. The molecule has 0 bridgehead atoms. The lowest BCUT2D eigenvalue weighted by atomic mass is 10.1. The quantitative estimate of drug-likeness (QED) is 0.584. The van der Waals surface area contributed by atoms with E-state index in [1.807, 2.05) is 58.0 Å². The third kappa shape index (κ3) is 5.20. The zero-order valence-electron chi connectivity index (χ0n) is 16.7. The van der Waals surface area contributed by atoms with E-state index in [0.717, 1.165) is 0 Å². The van der Waals surface area contributed by atoms with Gasteiger partial charge in [-0.1, -0.05) is 45.9 Å². The normalized spacial score (nSPS) is 9.41. The summed E-state index contributed by atoms with van der Waals surface area (Å²) in [6.45, 7) is 9.76. The summed E-state index contributed by atoms with van der Waals surface area (Å²) in [4.78, 5) is 15.8. The Kier molecular flexibility index (Phi) is 8.79. The van der Waals surface area contributed by atoms with E-state index < -0.39 is 5.97 Å². The number of aryl methyl sites for hydroxylation is 1. The van der Waals surface area contributed by atoms with Gasteiger partial charge in [0.05, 0.1) is 7.11 Å². The number of esters is 1. The van der Waals surface area contributed by atoms with Crippen LogP contribution in [0.5, 0.6) is 17.2 Å². The van der Waals surface area contributed by atoms with Crippen molar-refractivity contribution in [3.05, 3.63) is 59.9 Å². The van der Waals surface area contributed by atoms with Gasteiger partial charge in [0.25, 0.3) is 0 Å². The van der Waals surface area contributed by atoms with Gasteiger partial charge in [0.15, 0.2) is 11.4 Å². The number of aromatic nitrogens is 1. The minimum atomic E-state index is -0.669. The maximum absolute atomic E-state index is 11.7. The van der Waals surface area contributed by atoms with Gasteiger partial charge in [0, 0.05) is 16.5 Å². The summed E-state index contributed by atoms with van der Waals surface area (Å²) in [7, 11) is 1.25. The molecule has 1 aromatic heterocycles. The first-order chi connectivity index (χ1) is 13.1. The smallest absolute Gasteiger partial charge is 0.360 e. The van der Waals surface area contributed by atoms with E-state index in [4.69, 9.17) is 4.74 Å². The molecule has 0 saturated heterocycles. The van der Waals surface area contributed by atoms with Crippen LogP contribution in [0.15, 0.2) is 48.5 Å². The van der Waals surface area contributed by atoms with Gasteiger partial charge in [-0.05, 0) is 37.3 Å². The second-order valence-electron chi connectivity index (χ2n) is 5.01. The Morgan fingerprint density at radius 2 is 1.56 bits per heavy atom. The Balaban J connectivity index is 0.000000855. The molecule has 0 spiro atoms. The van der Waals surface area contributed by atoms with E-state index in [-0.39, 0.29) is 11.4 Å². The van der Waals surface area contributed by atoms with Crippen LogP contribution in [-0.2, 0) is 4.74 Å². The second kappa shape index (κ2) is 10.8. The number of pyridine rings is 1. The lowest BCUT2D eigenvalue weighted by Gasteiger charge is -2.11. The molecule has 3 aromatic rings. The molecule has 0 radical (unpaired) electrons. The molecule has 5 heteroatoms. The maximum Gasteiger partial charge on any atom is 0.360 e. The van der Waals surface area contributed by atoms with Gasteiger partial charge in [0.2, 0.25) is 0 Å². The number of ether oxygens (including phenoxy) is 2. The summed E-state index contributed by atoms with van der Waals surface area (Å²) >= 11 is 0. The lowest BCUT2D eigenvalue weighted by Crippen LogP contribution is -2.06. The topological polar surface area (TPSA) is 68.7 Å². The van der Waals surface area contributed by atoms with Crippen LogP contribution < -0.4 is 4.74 Å². The first-order valence-corrected chi connectivity index (χ1v) is 9.04. The van der Waals surface area contributed by atoms with Gasteiger partial charge in [0.1, 0.15) is 11.5 Å². The highest BCUT2D eigenvalue weighted by molar-refractivity contribution is 6.00. The van der Waals surface area contributed by atoms with Gasteiger partial charge in [-0.15, -0.1) is 0 Å². The molecular weight excluding hydrogens is 342 g/mol. The molecule has 5 nitrogen and oxygen atoms in total. The monoisotopic (exact) mass is 369 g/mol. The molecule has 0 atom stereocenters. The van der Waals surface area contributed by atoms with Crippen molar-refractivity contribution in [1.29, 1.82) is 0 Å². The zero-order valence-corrected chi connectivity index (χ0v) is 16.7. The molecule has 2 aromatic carbocycles. The molecule has 144 valence electrons. The fourth-order valence-corrected chi connectivity index (χ4v) is 2.36. The van der Waals surface area contributed by atoms with Crippen LogP contribution in [0.2, 0.25) is 0 Å². The largest absolute Gasteiger partial charge is 0.505 e. The summed E-state index contributed by atoms with van der Waals surface area (Å²) in [5, 5.41) is 11.5. The Morgan fingerprint density at radius 1 is 0.926 bits per heavy atom. The van der Waals surface area contributed by atoms with Crippen molar-refractivity contribution in [2.24, 2.45) is 0 Å². The van der Waals surface area contributed by atoms with E-state index in [1.165, 1.54) is 7.11 Å². The maximum atomic E-state index is 11.7. The lowest BCUT2D eigenvalue weighted by molar-refractivity contribution is 0.0590. The summed E-state index contributed by atoms with van der Waals surface area (Å²) in [5.74, 6) is 0.479. The Bertz CT molecular complexity index is 876. The predicted molar refractivity (Wildman–Crippen MR) is 109 cm³/mol. The van der Waals surface area contributed by atoms with Crippen molar-refractivity contribution in [3.8, 4) is 17.2 Å². The SMILES string of the molecule is CC.CC.COC(=O)c1nc(C)c2cc(Oc3ccccc3)ccc2c1O. The van der Waals surface area contributed by atoms with Gasteiger partial charge in [-0.25, -0.2) is 9.78 Å². The van der Waals surface area contributed by atoms with E-state index in [2.05, 4.69) is 9.72 Å². The molecule has 0 aliphatic rings. The highest BCUT2D eigenvalue weighted by Crippen LogP contribution is 2.33. The minimum absolute atomic E-state index is 0.0887. The van der Waals surface area contributed by atoms with Crippen LogP contribution in [-0.4, -0.2) is 23.2 Å². The van der Waals surface area contributed by atoms with Crippen molar-refractivity contribution in [3.63, 3.8) is 0 Å². The molecule has 0 amide bonds. The van der Waals surface area contributed by atoms with Gasteiger partial charge >= 0.3 is 5.97 Å². The first-order valence-electron chi connectivity index (χ1n) is 9.04. The van der Waals surface area contributed by atoms with Crippen molar-refractivity contribution in [1.82, 2.24) is 4.98 Å². The number of rotatable bonds is 3. The molecule has 3 rings (SSSR count). The molecule has 0 aliphatic carbocycles. The van der Waals surface area contributed by atoms with Gasteiger partial charge < -0.3 is 14.6 Å². The highest BCUT2D eigenvalue weighted by Gasteiger charge is 2.18. The number of para-hydroxylation sites is 1. The summed E-state index contributed by atoms with van der Waals surface area (Å²) < 4.78 is 10.4. The Labute approximate surface area is 160 Å². The number of aromatic hydroxyl groups is 1. The van der Waals surface area contributed by atoms with E-state index in [0.29, 0.717) is 28.0 Å². The first kappa shape index (κ1) is 22.0. The Morgan fingerprint density at radius 3 is 2.15 bits per heavy atom. The van der Waals surface area contributed by atoms with Crippen LogP contribution in [0.1, 0.15) is 43.9 Å². The third-order valence-corrected chi connectivity index (χ3v) is 3.50. The summed E-state index contributed by atoms with van der Waals surface area (Å²) in [5.41, 5.74) is 0.519. The molecular formula is C22H27NO4. The molecule has 27 heavy (non-hydrogen) atoms. The fraction of sp³-hybridized carbons (Fsp3) is 0.273. The fourth-order valence-electron chi connectivity index (χ4n) is 2.36. The number of nitrogens with zero attached hydrogens (tertiary/aromatic N) is 1. The van der Waals surface area contributed by atoms with Crippen LogP contribution in [0.4, 0.5) is 0 Å². The van der Waals surface area contributed by atoms with Crippen molar-refractivity contribution >= 4 is 16.7 Å². The molecule has 0 saturated carbocycles. The highest BCUT2D eigenvalue weighted by atomic mass is 16.5. The number of hydrogen-bond acceptors (Lipinski definition) is 5. The molecule has 0 aliphatic heterocycles. The third-order valence-electron chi connectivity index (χ3n) is 3.50. The van der Waals surface area contributed by atoms with Crippen molar-refractivity contribution < 1.29 is 19.4 Å². The van der Waals surface area contributed by atoms with Gasteiger partial charge in [-0.3, -0.25) is 0 Å². The Hall–Kier alpha value is -3.08. The standard InChI is InChI=1S/C18H15NO4.2C2H6/c1-11-15-10-13(23-12-6-4-3-5-7-12)8-9-14(15)17(20)16(19-11)18(21)22-2;2*1-2/h3-10,20H,1-2H3;2*1-2H3. The average Bonchev–Trinajstić information content (AvgIpc) is 2.74. The van der Waals surface area contributed by atoms with Crippen LogP contribution in [0, 0.1) is 6.92 Å².